The molecule has 2 aliphatic heterocycles. The highest BCUT2D eigenvalue weighted by Gasteiger charge is 2.40. The molecular formula is C27H49N3O5. The zero-order valence-corrected chi connectivity index (χ0v) is 22.7. The SMILES string of the molecule is C1CCOC1.CC(C)CN(CCCNC(=O)O)C1CC(C)(C)NC1=O.CCO.Cc1ccccc1. The number of carbonyl (C=O) groups is 2. The summed E-state index contributed by atoms with van der Waals surface area (Å²) in [4.78, 5) is 24.7. The minimum atomic E-state index is -1.000. The van der Waals surface area contributed by atoms with Gasteiger partial charge in [0.1, 0.15) is 0 Å². The highest BCUT2D eigenvalue weighted by molar-refractivity contribution is 5.85. The van der Waals surface area contributed by atoms with Crippen LogP contribution < -0.4 is 10.6 Å². The number of carboxylic acid groups (broad SMARTS) is 1. The van der Waals surface area contributed by atoms with E-state index in [1.54, 1.807) is 6.92 Å². The standard InChI is InChI=1S/C14H27N3O3.C7H8.C4H8O.C2H6O/c1-10(2)9-17(7-5-6-15-13(19)20)11-8-14(3,4)16-12(11)18;1-7-5-3-2-4-6-7;1-2-4-5-3-1;1-2-3/h10-11,15H,5-9H2,1-4H3,(H,16,18)(H,19,20);2-6H,1H3;1-4H2;3H,2H2,1H3. The Morgan fingerprint density at radius 1 is 1.23 bits per heavy atom. The highest BCUT2D eigenvalue weighted by atomic mass is 16.5. The van der Waals surface area contributed by atoms with Crippen LogP contribution in [0.2, 0.25) is 0 Å². The van der Waals surface area contributed by atoms with Crippen LogP contribution in [0, 0.1) is 12.8 Å². The van der Waals surface area contributed by atoms with E-state index < -0.39 is 6.09 Å². The van der Waals surface area contributed by atoms with E-state index in [1.807, 2.05) is 32.0 Å². The Labute approximate surface area is 212 Å². The topological polar surface area (TPSA) is 111 Å². The minimum absolute atomic E-state index is 0.0850. The van der Waals surface area contributed by atoms with E-state index in [2.05, 4.69) is 48.4 Å². The van der Waals surface area contributed by atoms with Crippen molar-refractivity contribution < 1.29 is 24.5 Å². The molecule has 0 spiro atoms. The number of hydrogen-bond donors (Lipinski definition) is 4. The third-order valence-electron chi connectivity index (χ3n) is 5.17. The molecule has 1 unspecified atom stereocenters. The van der Waals surface area contributed by atoms with E-state index in [0.717, 1.165) is 32.7 Å². The molecule has 1 aromatic carbocycles. The second-order valence-corrected chi connectivity index (χ2v) is 9.86. The number of hydrogen-bond acceptors (Lipinski definition) is 5. The van der Waals surface area contributed by atoms with Gasteiger partial charge in [0, 0.05) is 45.0 Å². The molecule has 2 fully saturated rings. The Morgan fingerprint density at radius 2 is 1.80 bits per heavy atom. The summed E-state index contributed by atoms with van der Waals surface area (Å²) in [5.74, 6) is 0.556. The lowest BCUT2D eigenvalue weighted by Gasteiger charge is -2.29. The summed E-state index contributed by atoms with van der Waals surface area (Å²) < 4.78 is 4.94. The number of nitrogens with zero attached hydrogens (tertiary/aromatic N) is 1. The molecule has 2 heterocycles. The minimum Gasteiger partial charge on any atom is -0.465 e. The summed E-state index contributed by atoms with van der Waals surface area (Å²) in [6.07, 6.45) is 3.06. The van der Waals surface area contributed by atoms with E-state index in [9.17, 15) is 9.59 Å². The molecule has 2 aliphatic rings. The summed E-state index contributed by atoms with van der Waals surface area (Å²) in [7, 11) is 0. The maximum Gasteiger partial charge on any atom is 0.404 e. The molecule has 1 aromatic rings. The molecule has 4 N–H and O–H groups in total. The molecule has 8 heteroatoms. The Bertz CT molecular complexity index is 671. The van der Waals surface area contributed by atoms with Crippen LogP contribution in [0.25, 0.3) is 0 Å². The van der Waals surface area contributed by atoms with Gasteiger partial charge in [-0.1, -0.05) is 49.7 Å². The lowest BCUT2D eigenvalue weighted by atomic mass is 9.99. The van der Waals surface area contributed by atoms with Gasteiger partial charge in [0.15, 0.2) is 0 Å². The number of ether oxygens (including phenoxy) is 1. The monoisotopic (exact) mass is 495 g/mol. The first-order chi connectivity index (χ1) is 16.5. The first-order valence-corrected chi connectivity index (χ1v) is 12.8. The van der Waals surface area contributed by atoms with E-state index in [4.69, 9.17) is 14.9 Å². The molecule has 1 atom stereocenters. The largest absolute Gasteiger partial charge is 0.465 e. The third kappa shape index (κ3) is 17.9. The van der Waals surface area contributed by atoms with Crippen molar-refractivity contribution in [1.82, 2.24) is 15.5 Å². The Hall–Kier alpha value is -2.16. The normalized spacial score (nSPS) is 17.9. The Kier molecular flexibility index (Phi) is 17.9. The van der Waals surface area contributed by atoms with Gasteiger partial charge in [-0.15, -0.1) is 0 Å². The second-order valence-electron chi connectivity index (χ2n) is 9.86. The van der Waals surface area contributed by atoms with Crippen LogP contribution >= 0.6 is 0 Å². The van der Waals surface area contributed by atoms with Gasteiger partial charge >= 0.3 is 6.09 Å². The van der Waals surface area contributed by atoms with Gasteiger partial charge in [-0.3, -0.25) is 9.69 Å². The molecule has 35 heavy (non-hydrogen) atoms. The van der Waals surface area contributed by atoms with Crippen molar-refractivity contribution in [3.8, 4) is 0 Å². The average Bonchev–Trinajstić information content (AvgIpc) is 3.43. The van der Waals surface area contributed by atoms with Crippen molar-refractivity contribution in [3.05, 3.63) is 35.9 Å². The van der Waals surface area contributed by atoms with Crippen LogP contribution in [0.1, 0.15) is 65.9 Å². The van der Waals surface area contributed by atoms with Gasteiger partial charge in [0.25, 0.3) is 0 Å². The van der Waals surface area contributed by atoms with Crippen molar-refractivity contribution in [2.75, 3.05) is 39.5 Å². The first kappa shape index (κ1) is 32.8. The van der Waals surface area contributed by atoms with Crippen LogP contribution in [0.15, 0.2) is 30.3 Å². The average molecular weight is 496 g/mol. The summed E-state index contributed by atoms with van der Waals surface area (Å²) in [6.45, 7) is 16.3. The number of aliphatic hydroxyl groups excluding tert-OH is 1. The zero-order chi connectivity index (χ0) is 26.7. The number of aryl methyl sites for hydroxylation is 1. The molecule has 3 rings (SSSR count). The molecule has 2 saturated heterocycles. The summed E-state index contributed by atoms with van der Waals surface area (Å²) in [6, 6.07) is 10.2. The second kappa shape index (κ2) is 19.1. The van der Waals surface area contributed by atoms with Crippen molar-refractivity contribution in [2.24, 2.45) is 5.92 Å². The zero-order valence-electron chi connectivity index (χ0n) is 22.7. The summed E-state index contributed by atoms with van der Waals surface area (Å²) in [5.41, 5.74) is 1.17. The van der Waals surface area contributed by atoms with E-state index >= 15 is 0 Å². The van der Waals surface area contributed by atoms with Gasteiger partial charge < -0.3 is 25.6 Å². The van der Waals surface area contributed by atoms with E-state index in [-0.39, 0.29) is 24.1 Å². The lowest BCUT2D eigenvalue weighted by molar-refractivity contribution is -0.124. The molecule has 2 amide bonds. The molecule has 0 radical (unpaired) electrons. The van der Waals surface area contributed by atoms with Crippen molar-refractivity contribution in [1.29, 1.82) is 0 Å². The Balaban J connectivity index is 0.000000616. The lowest BCUT2D eigenvalue weighted by Crippen LogP contribution is -2.43. The number of rotatable bonds is 7. The van der Waals surface area contributed by atoms with Crippen LogP contribution in [0.4, 0.5) is 4.79 Å². The smallest absolute Gasteiger partial charge is 0.404 e. The summed E-state index contributed by atoms with van der Waals surface area (Å²) in [5, 5.41) is 21.5. The van der Waals surface area contributed by atoms with E-state index in [0.29, 0.717) is 18.9 Å². The van der Waals surface area contributed by atoms with Gasteiger partial charge in [0.2, 0.25) is 5.91 Å². The van der Waals surface area contributed by atoms with Gasteiger partial charge in [-0.25, -0.2) is 4.79 Å². The number of benzene rings is 1. The third-order valence-corrected chi connectivity index (χ3v) is 5.17. The van der Waals surface area contributed by atoms with Crippen molar-refractivity contribution in [2.45, 2.75) is 78.8 Å². The maximum atomic E-state index is 12.1. The van der Waals surface area contributed by atoms with Crippen LogP contribution in [0.5, 0.6) is 0 Å². The molecule has 0 saturated carbocycles. The fourth-order valence-corrected chi connectivity index (χ4v) is 3.70. The van der Waals surface area contributed by atoms with Crippen molar-refractivity contribution in [3.63, 3.8) is 0 Å². The Morgan fingerprint density at radius 3 is 2.14 bits per heavy atom. The fourth-order valence-electron chi connectivity index (χ4n) is 3.70. The summed E-state index contributed by atoms with van der Waals surface area (Å²) >= 11 is 0. The number of aliphatic hydroxyl groups is 1. The maximum absolute atomic E-state index is 12.1. The first-order valence-electron chi connectivity index (χ1n) is 12.8. The molecular weight excluding hydrogens is 446 g/mol. The van der Waals surface area contributed by atoms with Crippen molar-refractivity contribution >= 4 is 12.0 Å². The number of amides is 2. The van der Waals surface area contributed by atoms with E-state index in [1.165, 1.54) is 18.4 Å². The molecule has 0 aromatic heterocycles. The molecule has 8 nitrogen and oxygen atoms in total. The highest BCUT2D eigenvalue weighted by Crippen LogP contribution is 2.24. The van der Waals surface area contributed by atoms with Gasteiger partial charge in [-0.2, -0.15) is 0 Å². The molecule has 202 valence electrons. The quantitative estimate of drug-likeness (QED) is 0.425. The van der Waals surface area contributed by atoms with Gasteiger partial charge in [-0.05, 0) is 59.3 Å². The molecule has 0 aliphatic carbocycles. The van der Waals surface area contributed by atoms with Crippen LogP contribution in [0.3, 0.4) is 0 Å². The predicted octanol–water partition coefficient (Wildman–Crippen LogP) is 4.06. The number of carbonyl (C=O) groups excluding carboxylic acids is 1. The van der Waals surface area contributed by atoms with Crippen LogP contribution in [-0.4, -0.2) is 78.1 Å². The predicted molar refractivity (Wildman–Crippen MR) is 142 cm³/mol. The molecule has 0 bridgehead atoms. The number of nitrogens with one attached hydrogen (secondary N) is 2. The fraction of sp³-hybridized carbons (Fsp3) is 0.704. The van der Waals surface area contributed by atoms with Gasteiger partial charge in [0.05, 0.1) is 6.04 Å². The van der Waals surface area contributed by atoms with Crippen LogP contribution in [-0.2, 0) is 9.53 Å².